The fourth-order valence-corrected chi connectivity index (χ4v) is 1.78. The van der Waals surface area contributed by atoms with Crippen LogP contribution in [0.2, 0.25) is 0 Å². The Bertz CT molecular complexity index is 509. The van der Waals surface area contributed by atoms with Crippen LogP contribution in [-0.2, 0) is 6.42 Å². The third kappa shape index (κ3) is 2.41. The van der Waals surface area contributed by atoms with Crippen molar-refractivity contribution in [3.8, 4) is 11.3 Å². The SMILES string of the molecule is CCCc1c(N)ncnc1-c1ccc(F)cc1. The molecule has 0 aliphatic carbocycles. The lowest BCUT2D eigenvalue weighted by molar-refractivity contribution is 0.628. The summed E-state index contributed by atoms with van der Waals surface area (Å²) < 4.78 is 12.9. The van der Waals surface area contributed by atoms with Gasteiger partial charge in [0.05, 0.1) is 5.69 Å². The molecule has 2 aromatic rings. The van der Waals surface area contributed by atoms with Crippen molar-refractivity contribution in [1.29, 1.82) is 0 Å². The lowest BCUT2D eigenvalue weighted by Gasteiger charge is -2.09. The molecule has 0 saturated carbocycles. The van der Waals surface area contributed by atoms with Crippen molar-refractivity contribution in [2.75, 3.05) is 5.73 Å². The van der Waals surface area contributed by atoms with Gasteiger partial charge in [0.15, 0.2) is 0 Å². The van der Waals surface area contributed by atoms with Gasteiger partial charge in [-0.25, -0.2) is 14.4 Å². The molecule has 2 N–H and O–H groups in total. The maximum Gasteiger partial charge on any atom is 0.130 e. The zero-order valence-corrected chi connectivity index (χ0v) is 9.65. The molecule has 1 aromatic heterocycles. The van der Waals surface area contributed by atoms with E-state index < -0.39 is 0 Å². The molecule has 0 bridgehead atoms. The maximum atomic E-state index is 12.9. The monoisotopic (exact) mass is 231 g/mol. The third-order valence-corrected chi connectivity index (χ3v) is 2.60. The Morgan fingerprint density at radius 1 is 1.18 bits per heavy atom. The first kappa shape index (κ1) is 11.5. The fraction of sp³-hybridized carbons (Fsp3) is 0.231. The minimum atomic E-state index is -0.257. The number of nitrogen functional groups attached to an aromatic ring is 1. The Kier molecular flexibility index (Phi) is 3.32. The van der Waals surface area contributed by atoms with E-state index in [-0.39, 0.29) is 5.82 Å². The van der Waals surface area contributed by atoms with Crippen molar-refractivity contribution in [3.63, 3.8) is 0 Å². The van der Waals surface area contributed by atoms with Gasteiger partial charge in [-0.1, -0.05) is 13.3 Å². The van der Waals surface area contributed by atoms with Gasteiger partial charge in [0.25, 0.3) is 0 Å². The molecule has 2 rings (SSSR count). The van der Waals surface area contributed by atoms with Crippen LogP contribution in [0.15, 0.2) is 30.6 Å². The zero-order chi connectivity index (χ0) is 12.3. The first-order valence-electron chi connectivity index (χ1n) is 5.57. The van der Waals surface area contributed by atoms with Crippen molar-refractivity contribution in [2.45, 2.75) is 19.8 Å². The van der Waals surface area contributed by atoms with Gasteiger partial charge < -0.3 is 5.73 Å². The highest BCUT2D eigenvalue weighted by Crippen LogP contribution is 2.25. The number of hydrogen-bond acceptors (Lipinski definition) is 3. The fourth-order valence-electron chi connectivity index (χ4n) is 1.78. The molecule has 0 fully saturated rings. The van der Waals surface area contributed by atoms with Gasteiger partial charge in [-0.2, -0.15) is 0 Å². The summed E-state index contributed by atoms with van der Waals surface area (Å²) in [7, 11) is 0. The molecule has 4 heteroatoms. The second-order valence-electron chi connectivity index (χ2n) is 3.84. The van der Waals surface area contributed by atoms with Crippen LogP contribution in [0.1, 0.15) is 18.9 Å². The number of nitrogens with two attached hydrogens (primary N) is 1. The van der Waals surface area contributed by atoms with E-state index in [4.69, 9.17) is 5.73 Å². The van der Waals surface area contributed by atoms with E-state index in [1.165, 1.54) is 18.5 Å². The van der Waals surface area contributed by atoms with Crippen LogP contribution in [0, 0.1) is 5.82 Å². The summed E-state index contributed by atoms with van der Waals surface area (Å²) in [6, 6.07) is 6.25. The molecule has 88 valence electrons. The molecule has 1 aromatic carbocycles. The van der Waals surface area contributed by atoms with Gasteiger partial charge in [0, 0.05) is 11.1 Å². The molecular formula is C13H14FN3. The summed E-state index contributed by atoms with van der Waals surface area (Å²) in [4.78, 5) is 8.24. The molecule has 17 heavy (non-hydrogen) atoms. The molecule has 1 heterocycles. The number of rotatable bonds is 3. The lowest BCUT2D eigenvalue weighted by Crippen LogP contribution is -2.02. The second kappa shape index (κ2) is 4.91. The van der Waals surface area contributed by atoms with E-state index in [0.29, 0.717) is 5.82 Å². The van der Waals surface area contributed by atoms with Gasteiger partial charge in [-0.3, -0.25) is 0 Å². The highest BCUT2D eigenvalue weighted by atomic mass is 19.1. The Morgan fingerprint density at radius 3 is 2.53 bits per heavy atom. The van der Waals surface area contributed by atoms with E-state index in [0.717, 1.165) is 29.7 Å². The average Bonchev–Trinajstić information content (AvgIpc) is 2.33. The number of aromatic nitrogens is 2. The lowest BCUT2D eigenvalue weighted by atomic mass is 10.0. The van der Waals surface area contributed by atoms with Crippen LogP contribution in [0.4, 0.5) is 10.2 Å². The van der Waals surface area contributed by atoms with Gasteiger partial charge >= 0.3 is 0 Å². The van der Waals surface area contributed by atoms with Crippen LogP contribution in [0.3, 0.4) is 0 Å². The van der Waals surface area contributed by atoms with Crippen LogP contribution >= 0.6 is 0 Å². The van der Waals surface area contributed by atoms with Crippen molar-refractivity contribution in [1.82, 2.24) is 9.97 Å². The number of hydrogen-bond donors (Lipinski definition) is 1. The largest absolute Gasteiger partial charge is 0.383 e. The number of anilines is 1. The highest BCUT2D eigenvalue weighted by Gasteiger charge is 2.10. The Morgan fingerprint density at radius 2 is 1.88 bits per heavy atom. The molecule has 0 saturated heterocycles. The van der Waals surface area contributed by atoms with E-state index in [2.05, 4.69) is 16.9 Å². The summed E-state index contributed by atoms with van der Waals surface area (Å²) >= 11 is 0. The molecule has 0 spiro atoms. The van der Waals surface area contributed by atoms with E-state index in [9.17, 15) is 4.39 Å². The second-order valence-corrected chi connectivity index (χ2v) is 3.84. The molecule has 0 amide bonds. The summed E-state index contributed by atoms with van der Waals surface area (Å²) in [6.07, 6.45) is 3.22. The van der Waals surface area contributed by atoms with Gasteiger partial charge in [0.1, 0.15) is 18.0 Å². The molecule has 0 unspecified atom stereocenters. The number of nitrogens with zero attached hydrogens (tertiary/aromatic N) is 2. The first-order valence-corrected chi connectivity index (χ1v) is 5.57. The summed E-state index contributed by atoms with van der Waals surface area (Å²) in [5, 5.41) is 0. The third-order valence-electron chi connectivity index (χ3n) is 2.60. The van der Waals surface area contributed by atoms with Crippen molar-refractivity contribution >= 4 is 5.82 Å². The zero-order valence-electron chi connectivity index (χ0n) is 9.65. The Labute approximate surface area is 99.5 Å². The quantitative estimate of drug-likeness (QED) is 0.883. The van der Waals surface area contributed by atoms with E-state index in [1.807, 2.05) is 0 Å². The Balaban J connectivity index is 2.50. The predicted octanol–water partition coefficient (Wildman–Crippen LogP) is 2.82. The van der Waals surface area contributed by atoms with Crippen LogP contribution in [0.5, 0.6) is 0 Å². The first-order chi connectivity index (χ1) is 8.22. The molecule has 0 atom stereocenters. The average molecular weight is 231 g/mol. The summed E-state index contributed by atoms with van der Waals surface area (Å²) in [5.74, 6) is 0.244. The predicted molar refractivity (Wildman–Crippen MR) is 65.8 cm³/mol. The van der Waals surface area contributed by atoms with Crippen LogP contribution in [0.25, 0.3) is 11.3 Å². The summed E-state index contributed by atoms with van der Waals surface area (Å²) in [6.45, 7) is 2.07. The van der Waals surface area contributed by atoms with Gasteiger partial charge in [-0.15, -0.1) is 0 Å². The van der Waals surface area contributed by atoms with Crippen LogP contribution in [-0.4, -0.2) is 9.97 Å². The molecule has 0 aliphatic heterocycles. The van der Waals surface area contributed by atoms with E-state index >= 15 is 0 Å². The van der Waals surface area contributed by atoms with Crippen molar-refractivity contribution in [2.24, 2.45) is 0 Å². The number of halogens is 1. The van der Waals surface area contributed by atoms with Gasteiger partial charge in [-0.05, 0) is 30.7 Å². The smallest absolute Gasteiger partial charge is 0.130 e. The molecule has 3 nitrogen and oxygen atoms in total. The topological polar surface area (TPSA) is 51.8 Å². The minimum absolute atomic E-state index is 0.257. The molecule has 0 aliphatic rings. The Hall–Kier alpha value is -1.97. The molecule has 0 radical (unpaired) electrons. The number of benzene rings is 1. The molecular weight excluding hydrogens is 217 g/mol. The maximum absolute atomic E-state index is 12.9. The van der Waals surface area contributed by atoms with Crippen molar-refractivity contribution in [3.05, 3.63) is 42.0 Å². The standard InChI is InChI=1S/C13H14FN3/c1-2-3-11-12(16-8-17-13(11)15)9-4-6-10(14)7-5-9/h4-8H,2-3H2,1H3,(H2,15,16,17). The van der Waals surface area contributed by atoms with Crippen LogP contribution < -0.4 is 5.73 Å². The highest BCUT2D eigenvalue weighted by molar-refractivity contribution is 5.67. The minimum Gasteiger partial charge on any atom is -0.383 e. The van der Waals surface area contributed by atoms with Gasteiger partial charge in [0.2, 0.25) is 0 Å². The summed E-state index contributed by atoms with van der Waals surface area (Å²) in [5.41, 5.74) is 8.44. The van der Waals surface area contributed by atoms with Crippen molar-refractivity contribution < 1.29 is 4.39 Å². The normalized spacial score (nSPS) is 10.5. The van der Waals surface area contributed by atoms with E-state index in [1.54, 1.807) is 12.1 Å².